The van der Waals surface area contributed by atoms with Crippen molar-refractivity contribution in [2.75, 3.05) is 5.32 Å². The molecule has 0 amide bonds. The second kappa shape index (κ2) is 6.12. The van der Waals surface area contributed by atoms with Crippen LogP contribution in [0.2, 0.25) is 0 Å². The number of anilines is 1. The predicted molar refractivity (Wildman–Crippen MR) is 94.2 cm³/mol. The summed E-state index contributed by atoms with van der Waals surface area (Å²) >= 11 is 1.75. The maximum Gasteiger partial charge on any atom is 0.161 e. The van der Waals surface area contributed by atoms with Crippen LogP contribution >= 0.6 is 11.3 Å². The average molecular weight is 327 g/mol. The van der Waals surface area contributed by atoms with E-state index in [9.17, 15) is 0 Å². The van der Waals surface area contributed by atoms with E-state index in [0.29, 0.717) is 0 Å². The molecule has 0 saturated heterocycles. The fraction of sp³-hybridized carbons (Fsp3) is 0.353. The lowest BCUT2D eigenvalue weighted by atomic mass is 9.98. The molecule has 1 N–H and O–H groups in total. The Morgan fingerprint density at radius 3 is 2.65 bits per heavy atom. The second-order valence-electron chi connectivity index (χ2n) is 6.45. The number of nitrogens with zero attached hydrogens (tertiary/aromatic N) is 4. The van der Waals surface area contributed by atoms with E-state index >= 15 is 0 Å². The summed E-state index contributed by atoms with van der Waals surface area (Å²) in [6, 6.07) is 3.97. The van der Waals surface area contributed by atoms with Gasteiger partial charge in [-0.3, -0.25) is 4.57 Å². The van der Waals surface area contributed by atoms with Crippen LogP contribution in [0.4, 0.5) is 5.69 Å². The highest BCUT2D eigenvalue weighted by atomic mass is 32.1. The number of hydrogen-bond donors (Lipinski definition) is 1. The molecule has 0 bridgehead atoms. The zero-order valence-electron chi connectivity index (χ0n) is 13.9. The van der Waals surface area contributed by atoms with Crippen LogP contribution in [0.15, 0.2) is 36.9 Å². The first-order chi connectivity index (χ1) is 10.9. The van der Waals surface area contributed by atoms with E-state index in [4.69, 9.17) is 0 Å². The second-order valence-corrected chi connectivity index (χ2v) is 7.57. The van der Waals surface area contributed by atoms with Crippen molar-refractivity contribution in [3.63, 3.8) is 0 Å². The topological polar surface area (TPSA) is 55.6 Å². The van der Waals surface area contributed by atoms with Crippen LogP contribution in [0.5, 0.6) is 0 Å². The first-order valence-corrected chi connectivity index (χ1v) is 8.41. The highest BCUT2D eigenvalue weighted by Crippen LogP contribution is 2.27. The van der Waals surface area contributed by atoms with Crippen LogP contribution < -0.4 is 5.32 Å². The van der Waals surface area contributed by atoms with Gasteiger partial charge in [-0.2, -0.15) is 0 Å². The molecule has 3 aromatic heterocycles. The van der Waals surface area contributed by atoms with Gasteiger partial charge in [0.2, 0.25) is 0 Å². The molecule has 0 spiro atoms. The summed E-state index contributed by atoms with van der Waals surface area (Å²) in [4.78, 5) is 14.5. The van der Waals surface area contributed by atoms with Gasteiger partial charge in [-0.25, -0.2) is 15.0 Å². The van der Waals surface area contributed by atoms with Gasteiger partial charge >= 0.3 is 0 Å². The van der Waals surface area contributed by atoms with Crippen LogP contribution in [-0.2, 0) is 12.0 Å². The molecule has 23 heavy (non-hydrogen) atoms. The van der Waals surface area contributed by atoms with Gasteiger partial charge in [-0.15, -0.1) is 11.3 Å². The van der Waals surface area contributed by atoms with Gasteiger partial charge < -0.3 is 5.32 Å². The Morgan fingerprint density at radius 1 is 1.17 bits per heavy atom. The van der Waals surface area contributed by atoms with Gasteiger partial charge in [0.25, 0.3) is 0 Å². The van der Waals surface area contributed by atoms with Crippen LogP contribution in [0, 0.1) is 6.92 Å². The van der Waals surface area contributed by atoms with Gasteiger partial charge in [0.1, 0.15) is 5.82 Å². The number of pyridine rings is 1. The summed E-state index contributed by atoms with van der Waals surface area (Å²) in [6.07, 6.45) is 7.46. The minimum atomic E-state index is 0.0936. The SMILES string of the molecule is Cc1nccn1-c1ncccc1NCc1cnc(C(C)(C)C)s1. The van der Waals surface area contributed by atoms with Crippen molar-refractivity contribution in [3.05, 3.63) is 52.6 Å². The van der Waals surface area contributed by atoms with Crippen molar-refractivity contribution >= 4 is 17.0 Å². The standard InChI is InChI=1S/C17H21N5S/c1-12-18-8-9-22(12)15-14(6-5-7-19-15)20-10-13-11-21-16(23-13)17(2,3)4/h5-9,11,20H,10H2,1-4H3. The third kappa shape index (κ3) is 3.42. The molecule has 0 aromatic carbocycles. The first kappa shape index (κ1) is 15.7. The van der Waals surface area contributed by atoms with Gasteiger partial charge in [0.15, 0.2) is 5.82 Å². The fourth-order valence-corrected chi connectivity index (χ4v) is 3.16. The number of imidazole rings is 1. The largest absolute Gasteiger partial charge is 0.377 e. The lowest BCUT2D eigenvalue weighted by Crippen LogP contribution is -2.09. The molecule has 120 valence electrons. The van der Waals surface area contributed by atoms with Gasteiger partial charge in [0, 0.05) is 35.1 Å². The lowest BCUT2D eigenvalue weighted by molar-refractivity contribution is 0.585. The number of aryl methyl sites for hydroxylation is 1. The van der Waals surface area contributed by atoms with E-state index in [-0.39, 0.29) is 5.41 Å². The molecule has 0 radical (unpaired) electrons. The van der Waals surface area contributed by atoms with Gasteiger partial charge in [-0.1, -0.05) is 20.8 Å². The lowest BCUT2D eigenvalue weighted by Gasteiger charge is -2.13. The van der Waals surface area contributed by atoms with Crippen molar-refractivity contribution < 1.29 is 0 Å². The Kier molecular flexibility index (Phi) is 4.17. The van der Waals surface area contributed by atoms with Crippen molar-refractivity contribution in [3.8, 4) is 5.82 Å². The maximum atomic E-state index is 4.53. The van der Waals surface area contributed by atoms with Gasteiger partial charge in [-0.05, 0) is 19.1 Å². The van der Waals surface area contributed by atoms with E-state index in [0.717, 1.165) is 28.9 Å². The summed E-state index contributed by atoms with van der Waals surface area (Å²) in [5, 5.41) is 4.63. The highest BCUT2D eigenvalue weighted by molar-refractivity contribution is 7.11. The van der Waals surface area contributed by atoms with Crippen LogP contribution in [0.25, 0.3) is 5.82 Å². The molecule has 6 heteroatoms. The van der Waals surface area contributed by atoms with Crippen molar-refractivity contribution in [2.24, 2.45) is 0 Å². The number of rotatable bonds is 4. The van der Waals surface area contributed by atoms with Gasteiger partial charge in [0.05, 0.1) is 17.2 Å². The zero-order valence-corrected chi connectivity index (χ0v) is 14.7. The van der Waals surface area contributed by atoms with E-state index < -0.39 is 0 Å². The van der Waals surface area contributed by atoms with E-state index in [1.165, 1.54) is 4.88 Å². The quantitative estimate of drug-likeness (QED) is 0.788. The van der Waals surface area contributed by atoms with E-state index in [2.05, 4.69) is 41.0 Å². The smallest absolute Gasteiger partial charge is 0.161 e. The summed E-state index contributed by atoms with van der Waals surface area (Å²) in [5.41, 5.74) is 1.08. The van der Waals surface area contributed by atoms with Crippen LogP contribution in [0.1, 0.15) is 36.5 Å². The van der Waals surface area contributed by atoms with Crippen LogP contribution in [0.3, 0.4) is 0 Å². The number of hydrogen-bond acceptors (Lipinski definition) is 5. The number of nitrogens with one attached hydrogen (secondary N) is 1. The van der Waals surface area contributed by atoms with Crippen molar-refractivity contribution in [2.45, 2.75) is 39.7 Å². The molecule has 0 aliphatic rings. The van der Waals surface area contributed by atoms with Crippen LogP contribution in [-0.4, -0.2) is 19.5 Å². The van der Waals surface area contributed by atoms with E-state index in [1.54, 1.807) is 23.7 Å². The van der Waals surface area contributed by atoms with Crippen molar-refractivity contribution in [1.82, 2.24) is 19.5 Å². The highest BCUT2D eigenvalue weighted by Gasteiger charge is 2.18. The molecule has 0 aliphatic heterocycles. The van der Waals surface area contributed by atoms with Crippen molar-refractivity contribution in [1.29, 1.82) is 0 Å². The Morgan fingerprint density at radius 2 is 2.00 bits per heavy atom. The summed E-state index contributed by atoms with van der Waals surface area (Å²) in [6.45, 7) is 9.26. The summed E-state index contributed by atoms with van der Waals surface area (Å²) in [7, 11) is 0. The summed E-state index contributed by atoms with van der Waals surface area (Å²) < 4.78 is 1.98. The Balaban J connectivity index is 1.79. The minimum absolute atomic E-state index is 0.0936. The minimum Gasteiger partial charge on any atom is -0.377 e. The number of aromatic nitrogens is 4. The molecule has 5 nitrogen and oxygen atoms in total. The normalized spacial score (nSPS) is 11.7. The molecule has 0 saturated carbocycles. The Hall–Kier alpha value is -2.21. The zero-order chi connectivity index (χ0) is 16.4. The molecule has 3 aromatic rings. The Bertz CT molecular complexity index is 797. The fourth-order valence-electron chi connectivity index (χ4n) is 2.25. The summed E-state index contributed by atoms with van der Waals surface area (Å²) in [5.74, 6) is 1.78. The predicted octanol–water partition coefficient (Wildman–Crippen LogP) is 3.94. The number of thiazole rings is 1. The first-order valence-electron chi connectivity index (χ1n) is 7.59. The Labute approximate surface area is 140 Å². The maximum absolute atomic E-state index is 4.53. The van der Waals surface area contributed by atoms with E-state index in [1.807, 2.05) is 36.0 Å². The molecule has 0 aliphatic carbocycles. The molecule has 0 unspecified atom stereocenters. The molecule has 3 rings (SSSR count). The molecule has 3 heterocycles. The molecular weight excluding hydrogens is 306 g/mol. The monoisotopic (exact) mass is 327 g/mol. The average Bonchev–Trinajstić information content (AvgIpc) is 3.14. The third-order valence-corrected chi connectivity index (χ3v) is 4.91. The molecular formula is C17H21N5S. The third-order valence-electron chi connectivity index (χ3n) is 3.49. The molecule has 0 atom stereocenters. The molecule has 0 fully saturated rings.